The predicted octanol–water partition coefficient (Wildman–Crippen LogP) is 1.31. The van der Waals surface area contributed by atoms with Gasteiger partial charge in [-0.2, -0.15) is 13.2 Å². The number of aromatic nitrogens is 3. The molecule has 1 heterocycles. The van der Waals surface area contributed by atoms with Crippen molar-refractivity contribution in [1.29, 1.82) is 0 Å². The van der Waals surface area contributed by atoms with Gasteiger partial charge in [-0.3, -0.25) is 4.79 Å². The van der Waals surface area contributed by atoms with Crippen LogP contribution in [0.4, 0.5) is 13.2 Å². The topological polar surface area (TPSA) is 104 Å². The third kappa shape index (κ3) is 5.18. The first-order valence-electron chi connectivity index (χ1n) is 7.26. The summed E-state index contributed by atoms with van der Waals surface area (Å²) in [6.45, 7) is 0.405. The molecule has 2 rings (SSSR count). The van der Waals surface area contributed by atoms with Gasteiger partial charge >= 0.3 is 6.18 Å². The number of nitrogens with two attached hydrogens (primary N) is 1. The molecule has 0 aliphatic rings. The maximum absolute atomic E-state index is 12.5. The minimum Gasteiger partial charge on any atom is -0.493 e. The molecule has 0 fully saturated rings. The summed E-state index contributed by atoms with van der Waals surface area (Å²) >= 11 is 0.744. The molecule has 142 valence electrons. The van der Waals surface area contributed by atoms with Gasteiger partial charge in [-0.25, -0.2) is 4.68 Å². The van der Waals surface area contributed by atoms with Crippen molar-refractivity contribution in [2.45, 2.75) is 11.3 Å². The SMILES string of the molecule is COc1ccccc1OCCNC(=O)CSc1nnc(C(F)(F)F)n1N. The minimum atomic E-state index is -4.71. The number of rotatable bonds is 8. The fraction of sp³-hybridized carbons (Fsp3) is 0.357. The average Bonchev–Trinajstić information content (AvgIpc) is 2.98. The number of carbonyl (C=O) groups excluding carboxylic acids is 1. The largest absolute Gasteiger partial charge is 0.493 e. The van der Waals surface area contributed by atoms with Crippen molar-refractivity contribution in [3.63, 3.8) is 0 Å². The van der Waals surface area contributed by atoms with E-state index in [4.69, 9.17) is 15.3 Å². The van der Waals surface area contributed by atoms with Crippen molar-refractivity contribution in [2.24, 2.45) is 0 Å². The zero-order chi connectivity index (χ0) is 19.2. The highest BCUT2D eigenvalue weighted by Gasteiger charge is 2.38. The van der Waals surface area contributed by atoms with E-state index in [9.17, 15) is 18.0 Å². The quantitative estimate of drug-likeness (QED) is 0.397. The number of carbonyl (C=O) groups is 1. The first kappa shape index (κ1) is 19.7. The molecule has 0 saturated heterocycles. The number of ether oxygens (including phenoxy) is 2. The lowest BCUT2D eigenvalue weighted by atomic mass is 10.3. The monoisotopic (exact) mass is 391 g/mol. The normalized spacial score (nSPS) is 11.2. The molecule has 0 spiro atoms. The molecule has 0 aliphatic carbocycles. The molecule has 12 heteroatoms. The molecular weight excluding hydrogens is 375 g/mol. The van der Waals surface area contributed by atoms with E-state index in [-0.39, 0.29) is 24.1 Å². The van der Waals surface area contributed by atoms with Gasteiger partial charge in [-0.05, 0) is 12.1 Å². The van der Waals surface area contributed by atoms with Crippen LogP contribution in [0.3, 0.4) is 0 Å². The summed E-state index contributed by atoms with van der Waals surface area (Å²) in [5.41, 5.74) is 0. The molecule has 1 amide bonds. The van der Waals surface area contributed by atoms with E-state index in [0.717, 1.165) is 11.8 Å². The molecule has 3 N–H and O–H groups in total. The van der Waals surface area contributed by atoms with Gasteiger partial charge in [-0.15, -0.1) is 10.2 Å². The first-order valence-corrected chi connectivity index (χ1v) is 8.24. The van der Waals surface area contributed by atoms with E-state index in [1.165, 1.54) is 7.11 Å². The number of para-hydroxylation sites is 2. The van der Waals surface area contributed by atoms with Crippen molar-refractivity contribution < 1.29 is 27.4 Å². The lowest BCUT2D eigenvalue weighted by Gasteiger charge is -2.10. The summed E-state index contributed by atoms with van der Waals surface area (Å²) in [6, 6.07) is 7.04. The molecule has 8 nitrogen and oxygen atoms in total. The van der Waals surface area contributed by atoms with Crippen molar-refractivity contribution in [2.75, 3.05) is 31.9 Å². The fourth-order valence-corrected chi connectivity index (χ4v) is 2.53. The molecular formula is C14H16F3N5O3S. The third-order valence-corrected chi connectivity index (χ3v) is 3.94. The minimum absolute atomic E-state index is 0.165. The van der Waals surface area contributed by atoms with Gasteiger partial charge < -0.3 is 20.6 Å². The smallest absolute Gasteiger partial charge is 0.453 e. The van der Waals surface area contributed by atoms with E-state index in [1.807, 2.05) is 0 Å². The number of nitrogens with zero attached hydrogens (tertiary/aromatic N) is 3. The number of halogens is 3. The summed E-state index contributed by atoms with van der Waals surface area (Å²) in [7, 11) is 1.52. The van der Waals surface area contributed by atoms with Crippen LogP contribution in [0.25, 0.3) is 0 Å². The molecule has 0 aliphatic heterocycles. The standard InChI is InChI=1S/C14H16F3N5O3S/c1-24-9-4-2-3-5-10(9)25-7-6-19-11(23)8-26-13-21-20-12(22(13)18)14(15,16)17/h2-5H,6-8,18H2,1H3,(H,19,23). The van der Waals surface area contributed by atoms with Gasteiger partial charge in [0.15, 0.2) is 11.5 Å². The summed E-state index contributed by atoms with van der Waals surface area (Å²) in [6.07, 6.45) is -4.71. The van der Waals surface area contributed by atoms with Crippen molar-refractivity contribution >= 4 is 17.7 Å². The average molecular weight is 391 g/mol. The van der Waals surface area contributed by atoms with Crippen LogP contribution in [0.5, 0.6) is 11.5 Å². The molecule has 1 aromatic heterocycles. The maximum atomic E-state index is 12.5. The van der Waals surface area contributed by atoms with E-state index in [2.05, 4.69) is 15.5 Å². The Morgan fingerprint density at radius 2 is 2.00 bits per heavy atom. The summed E-state index contributed by atoms with van der Waals surface area (Å²) in [5, 5.41) is 8.65. The number of alkyl halides is 3. The van der Waals surface area contributed by atoms with Crippen LogP contribution >= 0.6 is 11.8 Å². The molecule has 0 radical (unpaired) electrons. The number of benzene rings is 1. The Morgan fingerprint density at radius 1 is 1.31 bits per heavy atom. The Morgan fingerprint density at radius 3 is 2.62 bits per heavy atom. The highest BCUT2D eigenvalue weighted by molar-refractivity contribution is 7.99. The Bertz CT molecular complexity index is 754. The van der Waals surface area contributed by atoms with Crippen LogP contribution in [0.15, 0.2) is 29.4 Å². The van der Waals surface area contributed by atoms with Gasteiger partial charge in [-0.1, -0.05) is 23.9 Å². The summed E-state index contributed by atoms with van der Waals surface area (Å²) in [5.74, 6) is 4.48. The Kier molecular flexibility index (Phi) is 6.55. The van der Waals surface area contributed by atoms with Gasteiger partial charge in [0.05, 0.1) is 19.4 Å². The lowest BCUT2D eigenvalue weighted by Crippen LogP contribution is -2.29. The van der Waals surface area contributed by atoms with Gasteiger partial charge in [0.1, 0.15) is 6.61 Å². The van der Waals surface area contributed by atoms with E-state index in [0.29, 0.717) is 16.2 Å². The van der Waals surface area contributed by atoms with Crippen molar-refractivity contribution in [3.8, 4) is 11.5 Å². The van der Waals surface area contributed by atoms with Crippen LogP contribution in [-0.2, 0) is 11.0 Å². The number of nitrogen functional groups attached to an aromatic ring is 1. The fourth-order valence-electron chi connectivity index (χ4n) is 1.84. The molecule has 2 aromatic rings. The van der Waals surface area contributed by atoms with Crippen molar-refractivity contribution in [1.82, 2.24) is 20.2 Å². The van der Waals surface area contributed by atoms with Crippen LogP contribution in [0, 0.1) is 0 Å². The number of methoxy groups -OCH3 is 1. The second-order valence-corrected chi connectivity index (χ2v) is 5.75. The molecule has 26 heavy (non-hydrogen) atoms. The van der Waals surface area contributed by atoms with E-state index in [1.54, 1.807) is 24.3 Å². The van der Waals surface area contributed by atoms with Crippen LogP contribution < -0.4 is 20.6 Å². The van der Waals surface area contributed by atoms with E-state index >= 15 is 0 Å². The number of thioether (sulfide) groups is 1. The zero-order valence-electron chi connectivity index (χ0n) is 13.6. The van der Waals surface area contributed by atoms with Gasteiger partial charge in [0.25, 0.3) is 5.82 Å². The third-order valence-electron chi connectivity index (χ3n) is 3.00. The number of amides is 1. The number of hydrogen-bond acceptors (Lipinski definition) is 7. The molecule has 0 saturated carbocycles. The highest BCUT2D eigenvalue weighted by atomic mass is 32.2. The molecule has 0 bridgehead atoms. The highest BCUT2D eigenvalue weighted by Crippen LogP contribution is 2.28. The summed E-state index contributed by atoms with van der Waals surface area (Å²) in [4.78, 5) is 11.7. The van der Waals surface area contributed by atoms with Crippen molar-refractivity contribution in [3.05, 3.63) is 30.1 Å². The predicted molar refractivity (Wildman–Crippen MR) is 87.4 cm³/mol. The molecule has 0 atom stereocenters. The Balaban J connectivity index is 1.74. The maximum Gasteiger partial charge on any atom is 0.453 e. The molecule has 0 unspecified atom stereocenters. The zero-order valence-corrected chi connectivity index (χ0v) is 14.4. The summed E-state index contributed by atoms with van der Waals surface area (Å²) < 4.78 is 48.6. The number of hydrogen-bond donors (Lipinski definition) is 2. The Hall–Kier alpha value is -2.63. The van der Waals surface area contributed by atoms with E-state index < -0.39 is 17.9 Å². The Labute approximate surface area is 150 Å². The molecule has 1 aromatic carbocycles. The van der Waals surface area contributed by atoms with Crippen LogP contribution in [0.1, 0.15) is 5.82 Å². The first-order chi connectivity index (χ1) is 12.3. The van der Waals surface area contributed by atoms with Crippen LogP contribution in [0.2, 0.25) is 0 Å². The number of nitrogens with one attached hydrogen (secondary N) is 1. The second kappa shape index (κ2) is 8.65. The second-order valence-electron chi connectivity index (χ2n) is 4.81. The lowest BCUT2D eigenvalue weighted by molar-refractivity contribution is -0.146. The van der Waals surface area contributed by atoms with Gasteiger partial charge in [0, 0.05) is 0 Å². The van der Waals surface area contributed by atoms with Crippen LogP contribution in [-0.4, -0.2) is 46.8 Å². The van der Waals surface area contributed by atoms with Gasteiger partial charge in [0.2, 0.25) is 11.1 Å².